The van der Waals surface area contributed by atoms with Crippen molar-refractivity contribution in [2.24, 2.45) is 0 Å². The maximum Gasteiger partial charge on any atom is 2.00 e. The number of hydrogen-bond donors (Lipinski definition) is 0. The fourth-order valence-corrected chi connectivity index (χ4v) is 6.77. The standard InChI is InChI=1S/C24H18.2C12H10N.C6H6.Pt/c1-16-5-4-8-17(11-16)20-9-10-21-13-22-12-18-6-2-3-7-19(18)14-24(22)23(21)15-20;2*1-10-5-4-6-11(9-10)12-7-2-3-8-13-12;1-2-4-6-5-3-1;/h2-12,14-15H,13H2,1H3;2*2-8H,1H3;1-6H;/q;2*-1;;+2. The molecule has 7 aromatic carbocycles. The minimum absolute atomic E-state index is 0. The Labute approximate surface area is 352 Å². The van der Waals surface area contributed by atoms with E-state index >= 15 is 0 Å². The SMILES string of the molecule is Cc1[c-]c(-c2ccccn2)ccc1.Cc1[c-]c(-c2ccccn2)ccc1.Cc1cccc(-c2ccc3c(c2)-c2cc4ccccc4cc2C3)c1.[Pt+2].c1ccccc1. The monoisotopic (exact) mass is 915 g/mol. The summed E-state index contributed by atoms with van der Waals surface area (Å²) in [7, 11) is 0. The minimum atomic E-state index is 0. The predicted octanol–water partition coefficient (Wildman–Crippen LogP) is 13.8. The van der Waals surface area contributed by atoms with Gasteiger partial charge in [0.05, 0.1) is 0 Å². The molecule has 0 spiro atoms. The van der Waals surface area contributed by atoms with Gasteiger partial charge in [0.25, 0.3) is 0 Å². The van der Waals surface area contributed by atoms with Gasteiger partial charge in [-0.15, -0.1) is 70.8 Å². The molecule has 1 aliphatic rings. The molecular weight excluding hydrogens is 872 g/mol. The van der Waals surface area contributed by atoms with Crippen molar-refractivity contribution < 1.29 is 21.1 Å². The molecule has 2 nitrogen and oxygen atoms in total. The van der Waals surface area contributed by atoms with Gasteiger partial charge in [0.15, 0.2) is 0 Å². The quantitative estimate of drug-likeness (QED) is 0.165. The Kier molecular flexibility index (Phi) is 14.3. The molecule has 0 amide bonds. The molecule has 0 unspecified atom stereocenters. The number of fused-ring (bicyclic) bond motifs is 4. The van der Waals surface area contributed by atoms with Crippen LogP contribution in [0, 0.1) is 32.9 Å². The molecule has 10 rings (SSSR count). The molecule has 0 saturated carbocycles. The Hall–Kier alpha value is -6.21. The van der Waals surface area contributed by atoms with E-state index in [0.29, 0.717) is 0 Å². The summed E-state index contributed by atoms with van der Waals surface area (Å²) >= 11 is 0. The molecule has 0 saturated heterocycles. The van der Waals surface area contributed by atoms with Gasteiger partial charge in [-0.1, -0.05) is 147 Å². The van der Waals surface area contributed by atoms with Crippen molar-refractivity contribution in [2.75, 3.05) is 0 Å². The zero-order chi connectivity index (χ0) is 38.5. The summed E-state index contributed by atoms with van der Waals surface area (Å²) in [6.45, 7) is 6.22. The van der Waals surface area contributed by atoms with E-state index < -0.39 is 0 Å². The van der Waals surface area contributed by atoms with Crippen LogP contribution in [-0.2, 0) is 27.5 Å². The van der Waals surface area contributed by atoms with Crippen LogP contribution in [-0.4, -0.2) is 9.97 Å². The van der Waals surface area contributed by atoms with Crippen LogP contribution in [0.1, 0.15) is 27.8 Å². The van der Waals surface area contributed by atoms with Crippen molar-refractivity contribution in [3.05, 3.63) is 240 Å². The van der Waals surface area contributed by atoms with E-state index in [1.807, 2.05) is 123 Å². The van der Waals surface area contributed by atoms with Crippen LogP contribution >= 0.6 is 0 Å². The summed E-state index contributed by atoms with van der Waals surface area (Å²) in [4.78, 5) is 8.52. The van der Waals surface area contributed by atoms with Crippen molar-refractivity contribution in [3.8, 4) is 44.8 Å². The first-order valence-corrected chi connectivity index (χ1v) is 19.0. The average molecular weight is 916 g/mol. The van der Waals surface area contributed by atoms with Gasteiger partial charge in [0.1, 0.15) is 0 Å². The van der Waals surface area contributed by atoms with E-state index in [4.69, 9.17) is 0 Å². The maximum atomic E-state index is 4.26. The number of rotatable bonds is 3. The summed E-state index contributed by atoms with van der Waals surface area (Å²) in [5.41, 5.74) is 15.9. The third-order valence-electron chi connectivity index (χ3n) is 9.53. The van der Waals surface area contributed by atoms with Gasteiger partial charge < -0.3 is 9.97 Å². The van der Waals surface area contributed by atoms with Crippen LogP contribution in [0.15, 0.2) is 200 Å². The third kappa shape index (κ3) is 11.0. The first-order chi connectivity index (χ1) is 27.5. The van der Waals surface area contributed by atoms with Crippen molar-refractivity contribution in [3.63, 3.8) is 0 Å². The first kappa shape index (κ1) is 40.5. The van der Waals surface area contributed by atoms with E-state index in [1.165, 1.54) is 49.7 Å². The number of hydrogen-bond acceptors (Lipinski definition) is 2. The van der Waals surface area contributed by atoms with Crippen molar-refractivity contribution in [2.45, 2.75) is 27.2 Å². The fraction of sp³-hybridized carbons (Fsp3) is 0.0741. The zero-order valence-electron chi connectivity index (χ0n) is 32.5. The summed E-state index contributed by atoms with van der Waals surface area (Å²) in [6.07, 6.45) is 4.64. The molecule has 2 aromatic heterocycles. The molecule has 1 aliphatic carbocycles. The van der Waals surface area contributed by atoms with Gasteiger partial charge in [-0.05, 0) is 93.2 Å². The molecule has 3 heteroatoms. The molecule has 280 valence electrons. The van der Waals surface area contributed by atoms with Crippen LogP contribution in [0.25, 0.3) is 55.5 Å². The van der Waals surface area contributed by atoms with Gasteiger partial charge in [0, 0.05) is 12.4 Å². The second-order valence-corrected chi connectivity index (χ2v) is 13.9. The van der Waals surface area contributed by atoms with E-state index in [0.717, 1.165) is 40.1 Å². The van der Waals surface area contributed by atoms with Gasteiger partial charge in [0.2, 0.25) is 0 Å². The number of benzene rings is 7. The summed E-state index contributed by atoms with van der Waals surface area (Å²) in [6, 6.07) is 71.5. The Balaban J connectivity index is 0.000000142. The molecule has 0 fully saturated rings. The Morgan fingerprint density at radius 2 is 0.912 bits per heavy atom. The van der Waals surface area contributed by atoms with E-state index in [9.17, 15) is 0 Å². The topological polar surface area (TPSA) is 25.8 Å². The van der Waals surface area contributed by atoms with Gasteiger partial charge >= 0.3 is 21.1 Å². The van der Waals surface area contributed by atoms with E-state index in [1.54, 1.807) is 12.4 Å². The van der Waals surface area contributed by atoms with Gasteiger partial charge in [-0.3, -0.25) is 0 Å². The van der Waals surface area contributed by atoms with Crippen LogP contribution in [0.4, 0.5) is 0 Å². The van der Waals surface area contributed by atoms with Crippen LogP contribution in [0.3, 0.4) is 0 Å². The van der Waals surface area contributed by atoms with Crippen LogP contribution in [0.2, 0.25) is 0 Å². The minimum Gasteiger partial charge on any atom is -0.305 e. The molecule has 0 bridgehead atoms. The van der Waals surface area contributed by atoms with E-state index in [-0.39, 0.29) is 21.1 Å². The Morgan fingerprint density at radius 1 is 0.404 bits per heavy atom. The van der Waals surface area contributed by atoms with Crippen LogP contribution < -0.4 is 0 Å². The van der Waals surface area contributed by atoms with Crippen molar-refractivity contribution in [1.82, 2.24) is 9.97 Å². The zero-order valence-corrected chi connectivity index (χ0v) is 34.7. The molecule has 0 atom stereocenters. The van der Waals surface area contributed by atoms with Crippen molar-refractivity contribution >= 4 is 10.8 Å². The molecule has 9 aromatic rings. The molecular formula is C54H44N2Pt. The third-order valence-corrected chi connectivity index (χ3v) is 9.53. The van der Waals surface area contributed by atoms with Gasteiger partial charge in [-0.25, -0.2) is 0 Å². The second kappa shape index (κ2) is 20.1. The molecule has 57 heavy (non-hydrogen) atoms. The Bertz CT molecular complexity index is 2530. The normalized spacial score (nSPS) is 10.5. The molecule has 0 N–H and O–H groups in total. The number of pyridine rings is 2. The fourth-order valence-electron chi connectivity index (χ4n) is 6.77. The predicted molar refractivity (Wildman–Crippen MR) is 235 cm³/mol. The second-order valence-electron chi connectivity index (χ2n) is 13.9. The first-order valence-electron chi connectivity index (χ1n) is 19.0. The maximum absolute atomic E-state index is 4.26. The summed E-state index contributed by atoms with van der Waals surface area (Å²) < 4.78 is 0. The van der Waals surface area contributed by atoms with Crippen LogP contribution in [0.5, 0.6) is 0 Å². The smallest absolute Gasteiger partial charge is 0.305 e. The Morgan fingerprint density at radius 3 is 1.44 bits per heavy atom. The number of aromatic nitrogens is 2. The number of nitrogens with zero attached hydrogens (tertiary/aromatic N) is 2. The average Bonchev–Trinajstić information content (AvgIpc) is 3.61. The largest absolute Gasteiger partial charge is 2.00 e. The summed E-state index contributed by atoms with van der Waals surface area (Å²) in [5.74, 6) is 0. The molecule has 0 aliphatic heterocycles. The van der Waals surface area contributed by atoms with Gasteiger partial charge in [-0.2, -0.15) is 0 Å². The van der Waals surface area contributed by atoms with E-state index in [2.05, 4.69) is 108 Å². The number of aryl methyl sites for hydroxylation is 3. The summed E-state index contributed by atoms with van der Waals surface area (Å²) in [5, 5.41) is 2.66. The molecule has 0 radical (unpaired) electrons. The molecule has 2 heterocycles. The van der Waals surface area contributed by atoms with Crippen molar-refractivity contribution in [1.29, 1.82) is 0 Å².